The lowest BCUT2D eigenvalue weighted by Gasteiger charge is -2.17. The Balaban J connectivity index is 2.82. The van der Waals surface area contributed by atoms with E-state index >= 15 is 0 Å². The molecule has 0 fully saturated rings. The lowest BCUT2D eigenvalue weighted by Crippen LogP contribution is -2.02. The summed E-state index contributed by atoms with van der Waals surface area (Å²) in [6, 6.07) is 5.61. The van der Waals surface area contributed by atoms with Crippen LogP contribution in [0.4, 0.5) is 0 Å². The quantitative estimate of drug-likeness (QED) is 0.790. The Morgan fingerprint density at radius 2 is 2.00 bits per heavy atom. The standard InChI is InChI=1S/C13H18Cl2O/c1-2-3-4-10(7-8-16)12-6-5-11(14)9-13(12)15/h5-6,9-10,16H,2-4,7-8H2,1H3. The van der Waals surface area contributed by atoms with Crippen LogP contribution in [0, 0.1) is 0 Å². The van der Waals surface area contributed by atoms with E-state index in [1.54, 1.807) is 6.07 Å². The molecule has 0 amide bonds. The van der Waals surface area contributed by atoms with Crippen LogP contribution in [0.1, 0.15) is 44.1 Å². The van der Waals surface area contributed by atoms with Crippen LogP contribution in [-0.2, 0) is 0 Å². The van der Waals surface area contributed by atoms with Crippen molar-refractivity contribution in [1.29, 1.82) is 0 Å². The second-order valence-corrected chi connectivity index (χ2v) is 4.86. The number of aliphatic hydroxyl groups is 1. The van der Waals surface area contributed by atoms with E-state index in [9.17, 15) is 0 Å². The number of rotatable bonds is 6. The van der Waals surface area contributed by atoms with Gasteiger partial charge in [0.2, 0.25) is 0 Å². The van der Waals surface area contributed by atoms with Gasteiger partial charge >= 0.3 is 0 Å². The molecule has 0 spiro atoms. The summed E-state index contributed by atoms with van der Waals surface area (Å²) < 4.78 is 0. The van der Waals surface area contributed by atoms with E-state index in [0.717, 1.165) is 31.2 Å². The maximum Gasteiger partial charge on any atom is 0.0455 e. The molecule has 1 nitrogen and oxygen atoms in total. The molecule has 0 saturated heterocycles. The van der Waals surface area contributed by atoms with Crippen molar-refractivity contribution in [2.45, 2.75) is 38.5 Å². The average molecular weight is 261 g/mol. The van der Waals surface area contributed by atoms with Gasteiger partial charge in [0.05, 0.1) is 0 Å². The fourth-order valence-corrected chi connectivity index (χ4v) is 2.46. The van der Waals surface area contributed by atoms with Crippen LogP contribution >= 0.6 is 23.2 Å². The number of hydrogen-bond donors (Lipinski definition) is 1. The summed E-state index contributed by atoms with van der Waals surface area (Å²) in [4.78, 5) is 0. The van der Waals surface area contributed by atoms with Gasteiger partial charge in [-0.2, -0.15) is 0 Å². The predicted molar refractivity (Wildman–Crippen MR) is 70.4 cm³/mol. The van der Waals surface area contributed by atoms with Gasteiger partial charge in [-0.3, -0.25) is 0 Å². The zero-order valence-electron chi connectivity index (χ0n) is 9.55. The average Bonchev–Trinajstić information content (AvgIpc) is 2.25. The topological polar surface area (TPSA) is 20.2 Å². The van der Waals surface area contributed by atoms with Crippen molar-refractivity contribution in [3.05, 3.63) is 33.8 Å². The highest BCUT2D eigenvalue weighted by molar-refractivity contribution is 6.35. The van der Waals surface area contributed by atoms with Crippen molar-refractivity contribution in [1.82, 2.24) is 0 Å². The van der Waals surface area contributed by atoms with E-state index in [1.165, 1.54) is 0 Å². The summed E-state index contributed by atoms with van der Waals surface area (Å²) in [5.41, 5.74) is 1.11. The van der Waals surface area contributed by atoms with E-state index in [1.807, 2.05) is 12.1 Å². The summed E-state index contributed by atoms with van der Waals surface area (Å²) in [6.45, 7) is 2.37. The minimum Gasteiger partial charge on any atom is -0.396 e. The molecule has 1 aromatic carbocycles. The summed E-state index contributed by atoms with van der Waals surface area (Å²) in [5.74, 6) is 0.342. The fraction of sp³-hybridized carbons (Fsp3) is 0.538. The fourth-order valence-electron chi connectivity index (χ4n) is 1.89. The number of hydrogen-bond acceptors (Lipinski definition) is 1. The molecule has 16 heavy (non-hydrogen) atoms. The highest BCUT2D eigenvalue weighted by atomic mass is 35.5. The van der Waals surface area contributed by atoms with Gasteiger partial charge in [-0.1, -0.05) is 49.0 Å². The Kier molecular flexibility index (Phi) is 6.18. The van der Waals surface area contributed by atoms with E-state index in [0.29, 0.717) is 16.0 Å². The SMILES string of the molecule is CCCCC(CCO)c1ccc(Cl)cc1Cl. The Morgan fingerprint density at radius 3 is 2.56 bits per heavy atom. The zero-order chi connectivity index (χ0) is 12.0. The van der Waals surface area contributed by atoms with Crippen LogP contribution in [0.5, 0.6) is 0 Å². The summed E-state index contributed by atoms with van der Waals surface area (Å²) in [5, 5.41) is 10.4. The summed E-state index contributed by atoms with van der Waals surface area (Å²) >= 11 is 12.0. The van der Waals surface area contributed by atoms with Gasteiger partial charge in [-0.05, 0) is 36.5 Å². The number of unbranched alkanes of at least 4 members (excludes halogenated alkanes) is 1. The third-order valence-corrected chi connectivity index (χ3v) is 3.35. The van der Waals surface area contributed by atoms with Crippen molar-refractivity contribution < 1.29 is 5.11 Å². The van der Waals surface area contributed by atoms with Gasteiger partial charge in [0.25, 0.3) is 0 Å². The third kappa shape index (κ3) is 3.97. The minimum absolute atomic E-state index is 0.202. The van der Waals surface area contributed by atoms with Crippen LogP contribution in [0.3, 0.4) is 0 Å². The molecule has 0 saturated carbocycles. The van der Waals surface area contributed by atoms with Gasteiger partial charge in [-0.15, -0.1) is 0 Å². The Bertz CT molecular complexity index is 326. The summed E-state index contributed by atoms with van der Waals surface area (Å²) in [7, 11) is 0. The lowest BCUT2D eigenvalue weighted by molar-refractivity contribution is 0.271. The van der Waals surface area contributed by atoms with Gasteiger partial charge in [0, 0.05) is 16.7 Å². The molecule has 1 N–H and O–H groups in total. The molecular formula is C13H18Cl2O. The first-order valence-electron chi connectivity index (χ1n) is 5.74. The summed E-state index contributed by atoms with van der Waals surface area (Å²) in [6.07, 6.45) is 4.15. The maximum atomic E-state index is 9.07. The number of benzene rings is 1. The molecule has 0 heterocycles. The van der Waals surface area contributed by atoms with E-state index in [-0.39, 0.29) is 6.61 Å². The molecule has 0 aliphatic heterocycles. The first-order chi connectivity index (χ1) is 7.69. The van der Waals surface area contributed by atoms with Crippen LogP contribution in [0.2, 0.25) is 10.0 Å². The van der Waals surface area contributed by atoms with Crippen molar-refractivity contribution in [2.75, 3.05) is 6.61 Å². The van der Waals surface area contributed by atoms with Gasteiger partial charge in [0.1, 0.15) is 0 Å². The molecule has 1 unspecified atom stereocenters. The van der Waals surface area contributed by atoms with Gasteiger partial charge < -0.3 is 5.11 Å². The monoisotopic (exact) mass is 260 g/mol. The lowest BCUT2D eigenvalue weighted by atomic mass is 9.91. The van der Waals surface area contributed by atoms with Gasteiger partial charge in [-0.25, -0.2) is 0 Å². The van der Waals surface area contributed by atoms with Crippen LogP contribution in [-0.4, -0.2) is 11.7 Å². The van der Waals surface area contributed by atoms with Crippen LogP contribution < -0.4 is 0 Å². The largest absolute Gasteiger partial charge is 0.396 e. The highest BCUT2D eigenvalue weighted by Crippen LogP contribution is 2.32. The number of aliphatic hydroxyl groups excluding tert-OH is 1. The Morgan fingerprint density at radius 1 is 1.25 bits per heavy atom. The maximum absolute atomic E-state index is 9.07. The normalized spacial score (nSPS) is 12.8. The molecule has 90 valence electrons. The van der Waals surface area contributed by atoms with Crippen LogP contribution in [0.25, 0.3) is 0 Å². The van der Waals surface area contributed by atoms with Crippen LogP contribution in [0.15, 0.2) is 18.2 Å². The molecule has 1 rings (SSSR count). The van der Waals surface area contributed by atoms with E-state index < -0.39 is 0 Å². The van der Waals surface area contributed by atoms with E-state index in [2.05, 4.69) is 6.92 Å². The zero-order valence-corrected chi connectivity index (χ0v) is 11.1. The number of halogens is 2. The molecule has 0 aliphatic rings. The third-order valence-electron chi connectivity index (χ3n) is 2.79. The van der Waals surface area contributed by atoms with Crippen molar-refractivity contribution in [3.8, 4) is 0 Å². The first kappa shape index (κ1) is 13.8. The smallest absolute Gasteiger partial charge is 0.0455 e. The van der Waals surface area contributed by atoms with Crippen molar-refractivity contribution >= 4 is 23.2 Å². The predicted octanol–water partition coefficient (Wildman–Crippen LogP) is 4.65. The molecule has 1 atom stereocenters. The van der Waals surface area contributed by atoms with Crippen molar-refractivity contribution in [2.24, 2.45) is 0 Å². The molecule has 3 heteroatoms. The highest BCUT2D eigenvalue weighted by Gasteiger charge is 2.14. The molecule has 1 aromatic rings. The second kappa shape index (κ2) is 7.16. The van der Waals surface area contributed by atoms with Crippen molar-refractivity contribution in [3.63, 3.8) is 0 Å². The first-order valence-corrected chi connectivity index (χ1v) is 6.50. The Hall–Kier alpha value is -0.240. The second-order valence-electron chi connectivity index (χ2n) is 4.02. The molecular weight excluding hydrogens is 243 g/mol. The minimum atomic E-state index is 0.202. The molecule has 0 radical (unpaired) electrons. The van der Waals surface area contributed by atoms with Gasteiger partial charge in [0.15, 0.2) is 0 Å². The van der Waals surface area contributed by atoms with E-state index in [4.69, 9.17) is 28.3 Å². The Labute approximate surface area is 107 Å². The molecule has 0 aromatic heterocycles. The molecule has 0 bridgehead atoms. The molecule has 0 aliphatic carbocycles.